The largest absolute Gasteiger partial charge is 0.364 e. The fourth-order valence-electron chi connectivity index (χ4n) is 3.02. The Hall–Kier alpha value is -1.45. The quantitative estimate of drug-likeness (QED) is 0.762. The van der Waals surface area contributed by atoms with Gasteiger partial charge in [-0.1, -0.05) is 18.2 Å². The van der Waals surface area contributed by atoms with Crippen molar-refractivity contribution in [2.75, 3.05) is 19.6 Å². The second kappa shape index (κ2) is 6.21. The molecule has 1 N–H and O–H groups in total. The van der Waals surface area contributed by atoms with Crippen molar-refractivity contribution in [3.63, 3.8) is 0 Å². The molecule has 23 heavy (non-hydrogen) atoms. The second-order valence-corrected chi connectivity index (χ2v) is 6.85. The average molecular weight is 424 g/mol. The molecule has 4 rings (SSSR count). The Morgan fingerprint density at radius 3 is 2.87 bits per heavy atom. The van der Waals surface area contributed by atoms with Crippen LogP contribution in [0.15, 0.2) is 30.3 Å². The van der Waals surface area contributed by atoms with Crippen LogP contribution in [0.4, 0.5) is 0 Å². The minimum atomic E-state index is -0.298. The van der Waals surface area contributed by atoms with E-state index in [0.29, 0.717) is 24.6 Å². The predicted molar refractivity (Wildman–Crippen MR) is 92.8 cm³/mol. The molecule has 2 aromatic rings. The van der Waals surface area contributed by atoms with Crippen LogP contribution in [0, 0.1) is 3.70 Å². The van der Waals surface area contributed by atoms with Crippen LogP contribution in [0.25, 0.3) is 0 Å². The van der Waals surface area contributed by atoms with Crippen molar-refractivity contribution < 1.29 is 9.63 Å². The van der Waals surface area contributed by atoms with Crippen molar-refractivity contribution in [2.45, 2.75) is 19.0 Å². The monoisotopic (exact) mass is 424 g/mol. The molecule has 0 aliphatic carbocycles. The van der Waals surface area contributed by atoms with Gasteiger partial charge < -0.3 is 14.7 Å². The van der Waals surface area contributed by atoms with E-state index in [-0.39, 0.29) is 5.97 Å². The number of nitrogens with one attached hydrogen (secondary N) is 1. The first-order valence-corrected chi connectivity index (χ1v) is 8.78. The maximum absolute atomic E-state index is 12.0. The number of hydrogen-bond donors (Lipinski definition) is 1. The summed E-state index contributed by atoms with van der Waals surface area (Å²) in [6, 6.07) is 9.08. The number of benzene rings is 1. The molecule has 0 unspecified atom stereocenters. The Morgan fingerprint density at radius 2 is 2.09 bits per heavy atom. The van der Waals surface area contributed by atoms with Crippen LogP contribution in [-0.4, -0.2) is 40.2 Å². The lowest BCUT2D eigenvalue weighted by molar-refractivity contribution is -0.159. The number of aromatic nitrogens is 2. The first-order valence-electron chi connectivity index (χ1n) is 7.70. The predicted octanol–water partition coefficient (Wildman–Crippen LogP) is 1.76. The Labute approximate surface area is 147 Å². The molecule has 1 aromatic carbocycles. The van der Waals surface area contributed by atoms with Gasteiger partial charge in [-0.15, -0.1) is 5.06 Å². The third kappa shape index (κ3) is 2.88. The van der Waals surface area contributed by atoms with Crippen LogP contribution in [0.2, 0.25) is 0 Å². The zero-order chi connectivity index (χ0) is 15.8. The summed E-state index contributed by atoms with van der Waals surface area (Å²) in [4.78, 5) is 22.2. The molecular weight excluding hydrogens is 407 g/mol. The molecule has 3 heterocycles. The highest BCUT2D eigenvalue weighted by Crippen LogP contribution is 2.30. The van der Waals surface area contributed by atoms with E-state index in [1.165, 1.54) is 5.69 Å². The first-order chi connectivity index (χ1) is 11.2. The third-order valence-corrected chi connectivity index (χ3v) is 5.16. The molecular formula is C16H17IN4O2. The van der Waals surface area contributed by atoms with E-state index in [4.69, 9.17) is 9.82 Å². The molecule has 1 fully saturated rings. The lowest BCUT2D eigenvalue weighted by Gasteiger charge is -2.37. The number of hydrogen-bond acceptors (Lipinski definition) is 5. The summed E-state index contributed by atoms with van der Waals surface area (Å²) in [5, 5.41) is 5.10. The summed E-state index contributed by atoms with van der Waals surface area (Å²) in [6.45, 7) is 4.23. The highest BCUT2D eigenvalue weighted by atomic mass is 127. The molecule has 0 saturated carbocycles. The highest BCUT2D eigenvalue weighted by molar-refractivity contribution is 14.1. The molecule has 7 heteroatoms. The SMILES string of the molecule is O=C(ON1CC(c2nc(I)c3n2CCNC3)C1)c1ccccc1. The zero-order valence-corrected chi connectivity index (χ0v) is 14.7. The minimum absolute atomic E-state index is 0.298. The van der Waals surface area contributed by atoms with Gasteiger partial charge in [-0.05, 0) is 34.7 Å². The molecule has 1 saturated heterocycles. The first kappa shape index (κ1) is 15.1. The van der Waals surface area contributed by atoms with Gasteiger partial charge in [0.05, 0.1) is 11.3 Å². The Morgan fingerprint density at radius 1 is 1.30 bits per heavy atom. The maximum Gasteiger partial charge on any atom is 0.357 e. The zero-order valence-electron chi connectivity index (χ0n) is 12.5. The van der Waals surface area contributed by atoms with E-state index < -0.39 is 0 Å². The third-order valence-electron chi connectivity index (χ3n) is 4.29. The molecule has 0 radical (unpaired) electrons. The van der Waals surface area contributed by atoms with Crippen molar-refractivity contribution in [1.82, 2.24) is 19.9 Å². The van der Waals surface area contributed by atoms with E-state index in [0.717, 1.165) is 29.2 Å². The van der Waals surface area contributed by atoms with Gasteiger partial charge >= 0.3 is 5.97 Å². The molecule has 6 nitrogen and oxygen atoms in total. The van der Waals surface area contributed by atoms with Crippen LogP contribution in [-0.2, 0) is 17.9 Å². The molecule has 0 bridgehead atoms. The van der Waals surface area contributed by atoms with Crippen LogP contribution in [0.1, 0.15) is 27.8 Å². The van der Waals surface area contributed by atoms with Gasteiger partial charge in [-0.3, -0.25) is 0 Å². The Bertz CT molecular complexity index is 725. The van der Waals surface area contributed by atoms with Crippen LogP contribution in [0.3, 0.4) is 0 Å². The average Bonchev–Trinajstić information content (AvgIpc) is 2.88. The van der Waals surface area contributed by atoms with E-state index in [1.54, 1.807) is 17.2 Å². The summed E-state index contributed by atoms with van der Waals surface area (Å²) in [7, 11) is 0. The number of imidazole rings is 1. The molecule has 0 amide bonds. The molecule has 0 spiro atoms. The van der Waals surface area contributed by atoms with Crippen molar-refractivity contribution in [3.05, 3.63) is 51.1 Å². The van der Waals surface area contributed by atoms with E-state index in [9.17, 15) is 4.79 Å². The van der Waals surface area contributed by atoms with Crippen molar-refractivity contribution in [3.8, 4) is 0 Å². The molecule has 0 atom stereocenters. The van der Waals surface area contributed by atoms with Gasteiger partial charge in [0.15, 0.2) is 0 Å². The smallest absolute Gasteiger partial charge is 0.357 e. The van der Waals surface area contributed by atoms with Crippen LogP contribution < -0.4 is 5.32 Å². The molecule has 1 aromatic heterocycles. The normalized spacial score (nSPS) is 18.3. The number of nitrogens with zero attached hydrogens (tertiary/aromatic N) is 3. The van der Waals surface area contributed by atoms with Gasteiger partial charge in [0.25, 0.3) is 0 Å². The molecule has 2 aliphatic rings. The van der Waals surface area contributed by atoms with Crippen molar-refractivity contribution in [1.29, 1.82) is 0 Å². The highest BCUT2D eigenvalue weighted by Gasteiger charge is 2.36. The van der Waals surface area contributed by atoms with E-state index >= 15 is 0 Å². The molecule has 120 valence electrons. The summed E-state index contributed by atoms with van der Waals surface area (Å²) in [6.07, 6.45) is 0. The summed E-state index contributed by atoms with van der Waals surface area (Å²) >= 11 is 2.30. The Balaban J connectivity index is 1.40. The van der Waals surface area contributed by atoms with Gasteiger partial charge in [-0.2, -0.15) is 0 Å². The van der Waals surface area contributed by atoms with E-state index in [2.05, 4.69) is 32.5 Å². The number of rotatable bonds is 3. The van der Waals surface area contributed by atoms with Crippen molar-refractivity contribution >= 4 is 28.6 Å². The molecule has 2 aliphatic heterocycles. The van der Waals surface area contributed by atoms with Gasteiger partial charge in [0, 0.05) is 38.6 Å². The summed E-state index contributed by atoms with van der Waals surface area (Å²) in [5.41, 5.74) is 1.85. The fourth-order valence-corrected chi connectivity index (χ4v) is 3.75. The van der Waals surface area contributed by atoms with Crippen LogP contribution in [0.5, 0.6) is 0 Å². The van der Waals surface area contributed by atoms with Crippen LogP contribution >= 0.6 is 22.6 Å². The Kier molecular flexibility index (Phi) is 4.08. The van der Waals surface area contributed by atoms with E-state index in [1.807, 2.05) is 18.2 Å². The lowest BCUT2D eigenvalue weighted by Crippen LogP contribution is -2.47. The second-order valence-electron chi connectivity index (χ2n) is 5.82. The lowest BCUT2D eigenvalue weighted by atomic mass is 10.0. The van der Waals surface area contributed by atoms with Gasteiger partial charge in [0.1, 0.15) is 9.53 Å². The number of carbonyl (C=O) groups excluding carboxylic acids is 1. The fraction of sp³-hybridized carbons (Fsp3) is 0.375. The van der Waals surface area contributed by atoms with Gasteiger partial charge in [-0.25, -0.2) is 9.78 Å². The topological polar surface area (TPSA) is 59.4 Å². The summed E-state index contributed by atoms with van der Waals surface area (Å²) < 4.78 is 3.39. The number of hydroxylamine groups is 2. The summed E-state index contributed by atoms with van der Waals surface area (Å²) in [5.74, 6) is 1.16. The number of fused-ring (bicyclic) bond motifs is 1. The number of halogens is 1. The maximum atomic E-state index is 12.0. The van der Waals surface area contributed by atoms with Crippen molar-refractivity contribution in [2.24, 2.45) is 0 Å². The minimum Gasteiger partial charge on any atom is -0.364 e. The standard InChI is InChI=1S/C16H17IN4O2/c17-14-13-8-18-6-7-21(13)15(19-14)12-9-20(10-12)23-16(22)11-4-2-1-3-5-11/h1-5,12,18H,6-10H2. The van der Waals surface area contributed by atoms with Gasteiger partial charge in [0.2, 0.25) is 0 Å². The number of carbonyl (C=O) groups is 1.